The maximum atomic E-state index is 13.5. The van der Waals surface area contributed by atoms with Gasteiger partial charge >= 0.3 is 0 Å². The zero-order valence-electron chi connectivity index (χ0n) is 25.9. The van der Waals surface area contributed by atoms with E-state index in [1.54, 1.807) is 0 Å². The SMILES string of the molecule is [2H]c1c(C(C)=O)c(N([2H])C(=O)c2sccc2S(=O)(=O)N([2H])c2onc(C)c2C)c(C([2H])([2H])[2H])c([2H])c1C([2H])([2H])[2H]. The van der Waals surface area contributed by atoms with Crippen molar-refractivity contribution in [1.29, 1.82) is 0 Å². The number of Topliss-reactive ketones (excluding diaryl/α,β-unsaturated/α-hetero) is 1. The number of anilines is 2. The van der Waals surface area contributed by atoms with Gasteiger partial charge in [0.1, 0.15) is 9.77 Å². The van der Waals surface area contributed by atoms with Crippen molar-refractivity contribution in [1.82, 2.24) is 5.16 Å². The first kappa shape index (κ1) is 12.0. The minimum Gasteiger partial charge on any atom is -0.337 e. The van der Waals surface area contributed by atoms with Gasteiger partial charge in [-0.3, -0.25) is 9.59 Å². The maximum Gasteiger partial charge on any atom is 0.267 e. The molecule has 8 nitrogen and oxygen atoms in total. The van der Waals surface area contributed by atoms with E-state index >= 15 is 0 Å². The molecule has 158 valence electrons. The van der Waals surface area contributed by atoms with Gasteiger partial charge in [0, 0.05) is 19.4 Å². The highest BCUT2D eigenvalue weighted by Crippen LogP contribution is 2.29. The van der Waals surface area contributed by atoms with Crippen molar-refractivity contribution in [2.75, 3.05) is 10.0 Å². The lowest BCUT2D eigenvalue weighted by molar-refractivity contribution is 0.101. The van der Waals surface area contributed by atoms with E-state index in [2.05, 4.69) is 5.16 Å². The van der Waals surface area contributed by atoms with Crippen molar-refractivity contribution in [2.45, 2.75) is 39.4 Å². The molecule has 30 heavy (non-hydrogen) atoms. The molecule has 0 atom stereocenters. The van der Waals surface area contributed by atoms with Gasteiger partial charge in [-0.05, 0) is 63.1 Å². The zero-order chi connectivity index (χ0) is 30.7. The van der Waals surface area contributed by atoms with Crippen LogP contribution in [0.4, 0.5) is 11.6 Å². The largest absolute Gasteiger partial charge is 0.337 e. The second kappa shape index (κ2) is 8.04. The quantitative estimate of drug-likeness (QED) is 0.535. The van der Waals surface area contributed by atoms with E-state index < -0.39 is 85.5 Å². The Morgan fingerprint density at radius 1 is 1.30 bits per heavy atom. The van der Waals surface area contributed by atoms with Crippen LogP contribution in [0.2, 0.25) is 2.82 Å². The van der Waals surface area contributed by atoms with Crippen molar-refractivity contribution in [2.24, 2.45) is 0 Å². The van der Waals surface area contributed by atoms with Gasteiger partial charge in [0.2, 0.25) is 5.88 Å². The van der Waals surface area contributed by atoms with Crippen LogP contribution in [0.1, 0.15) is 60.3 Å². The molecule has 2 heterocycles. The molecule has 2 aromatic heterocycles. The summed E-state index contributed by atoms with van der Waals surface area (Å²) in [6, 6.07) is -1.30. The van der Waals surface area contributed by atoms with E-state index in [0.29, 0.717) is 17.0 Å². The Balaban J connectivity index is 2.28. The van der Waals surface area contributed by atoms with Crippen molar-refractivity contribution in [3.8, 4) is 0 Å². The Hall–Kier alpha value is -2.98. The Morgan fingerprint density at radius 3 is 2.67 bits per heavy atom. The molecule has 0 saturated carbocycles. The number of hydrogen-bond donors (Lipinski definition) is 2. The van der Waals surface area contributed by atoms with Crippen LogP contribution in [0, 0.1) is 27.6 Å². The lowest BCUT2D eigenvalue weighted by Crippen LogP contribution is -2.20. The number of carbonyl (C=O) groups excluding carboxylic acids is 2. The van der Waals surface area contributed by atoms with E-state index in [1.165, 1.54) is 13.8 Å². The van der Waals surface area contributed by atoms with Crippen LogP contribution in [0.15, 0.2) is 32.9 Å². The standard InChI is InChI=1S/C20H21N3O5S2/c1-10-8-11(2)17(15(9-10)14(5)24)21-19(25)18-16(6-7-29-18)30(26,27)23-20-12(3)13(4)22-28-20/h6-9,23H,1-5H3,(H,21,25)/i1D3,2D3,8D,9D/hD2. The first-order valence-corrected chi connectivity index (χ1v) is 10.5. The Kier molecular flexibility index (Phi) is 3.22. The van der Waals surface area contributed by atoms with Gasteiger partial charge < -0.3 is 9.83 Å². The topological polar surface area (TPSA) is 118 Å². The first-order valence-electron chi connectivity index (χ1n) is 13.1. The molecule has 0 bridgehead atoms. The molecule has 10 heteroatoms. The first-order chi connectivity index (χ1) is 18.2. The number of amides is 1. The Morgan fingerprint density at radius 2 is 2.07 bits per heavy atom. The fourth-order valence-corrected chi connectivity index (χ4v) is 4.61. The number of thiophene rings is 1. The van der Waals surface area contributed by atoms with E-state index in [9.17, 15) is 18.0 Å². The second-order valence-electron chi connectivity index (χ2n) is 6.08. The number of aryl methyl sites for hydroxylation is 1. The summed E-state index contributed by atoms with van der Waals surface area (Å²) in [5, 5.41) is 4.59. The number of carbonyl (C=O) groups is 2. The van der Waals surface area contributed by atoms with Crippen molar-refractivity contribution in [3.05, 3.63) is 56.4 Å². The number of nitrogens with zero attached hydrogens (tertiary/aromatic N) is 1. The molecule has 2 N–H and O–H groups in total. The van der Waals surface area contributed by atoms with Crippen LogP contribution in [0.25, 0.3) is 0 Å². The Bertz CT molecular complexity index is 1630. The van der Waals surface area contributed by atoms with Crippen LogP contribution >= 0.6 is 11.3 Å². The lowest BCUT2D eigenvalue weighted by Gasteiger charge is -2.14. The molecule has 0 aliphatic heterocycles. The van der Waals surface area contributed by atoms with E-state index in [-0.39, 0.29) is 15.6 Å². The molecule has 1 amide bonds. The van der Waals surface area contributed by atoms with Gasteiger partial charge in [-0.2, -0.15) is 0 Å². The van der Waals surface area contributed by atoms with Gasteiger partial charge in [0.05, 0.1) is 14.1 Å². The lowest BCUT2D eigenvalue weighted by atomic mass is 10.0. The van der Waals surface area contributed by atoms with E-state index in [4.69, 9.17) is 18.3 Å². The van der Waals surface area contributed by atoms with Gasteiger partial charge in [-0.15, -0.1) is 11.3 Å². The van der Waals surface area contributed by atoms with Crippen molar-refractivity contribution in [3.63, 3.8) is 0 Å². The highest BCUT2D eigenvalue weighted by Gasteiger charge is 2.27. The number of ketones is 1. The summed E-state index contributed by atoms with van der Waals surface area (Å²) in [7, 11) is -4.84. The normalized spacial score (nSPS) is 17.0. The second-order valence-corrected chi connectivity index (χ2v) is 8.56. The summed E-state index contributed by atoms with van der Waals surface area (Å²) in [5.41, 5.74) is -3.67. The highest BCUT2D eigenvalue weighted by molar-refractivity contribution is 7.93. The van der Waals surface area contributed by atoms with E-state index in [0.717, 1.165) is 18.4 Å². The smallest absolute Gasteiger partial charge is 0.267 e. The fraction of sp³-hybridized carbons (Fsp3) is 0.250. The van der Waals surface area contributed by atoms with Crippen LogP contribution in [0.5, 0.6) is 0 Å². The molecule has 3 rings (SSSR count). The molecular weight excluding hydrogens is 426 g/mol. The minimum absolute atomic E-state index is 0.0146. The predicted molar refractivity (Wildman–Crippen MR) is 115 cm³/mol. The predicted octanol–water partition coefficient (Wildman–Crippen LogP) is 4.23. The number of rotatable bonds is 6. The minimum atomic E-state index is -4.84. The summed E-state index contributed by atoms with van der Waals surface area (Å²) < 4.78 is 111. The van der Waals surface area contributed by atoms with Gasteiger partial charge in [0.15, 0.2) is 8.61 Å². The number of hydrogen-bond acceptors (Lipinski definition) is 7. The summed E-state index contributed by atoms with van der Waals surface area (Å²) >= 11 is 0.517. The molecule has 0 radical (unpaired) electrons. The third-order valence-electron chi connectivity index (χ3n) is 3.98. The van der Waals surface area contributed by atoms with Crippen LogP contribution in [0.3, 0.4) is 0 Å². The highest BCUT2D eigenvalue weighted by atomic mass is 32.2. The molecule has 0 spiro atoms. The summed E-state index contributed by atoms with van der Waals surface area (Å²) in [5.74, 6) is -3.03. The average Bonchev–Trinajstić information content (AvgIpc) is 3.42. The van der Waals surface area contributed by atoms with Crippen molar-refractivity contribution >= 4 is 44.6 Å². The Labute approximate surface area is 192 Å². The monoisotopic (exact) mass is 457 g/mol. The van der Waals surface area contributed by atoms with Gasteiger partial charge in [-0.25, -0.2) is 13.1 Å². The van der Waals surface area contributed by atoms with E-state index in [1.807, 2.05) is 0 Å². The summed E-state index contributed by atoms with van der Waals surface area (Å²) in [6.07, 6.45) is 0. The molecule has 3 aromatic rings. The number of aromatic nitrogens is 1. The van der Waals surface area contributed by atoms with Crippen LogP contribution in [-0.2, 0) is 10.0 Å². The van der Waals surface area contributed by atoms with Gasteiger partial charge in [0.25, 0.3) is 15.9 Å². The third kappa shape index (κ3) is 4.14. The van der Waals surface area contributed by atoms with Gasteiger partial charge in [-0.1, -0.05) is 11.2 Å². The molecule has 0 saturated heterocycles. The maximum absolute atomic E-state index is 13.5. The number of nitrogens with one attached hydrogen (secondary N) is 2. The van der Waals surface area contributed by atoms with Crippen LogP contribution < -0.4 is 10.0 Å². The molecular formula is C20H21N3O5S2. The summed E-state index contributed by atoms with van der Waals surface area (Å²) in [6.45, 7) is -2.73. The molecule has 0 fully saturated rings. The van der Waals surface area contributed by atoms with Crippen molar-refractivity contribution < 1.29 is 36.3 Å². The molecule has 0 unspecified atom stereocenters. The number of benzene rings is 1. The average molecular weight is 458 g/mol. The zero-order valence-corrected chi connectivity index (χ0v) is 17.5. The summed E-state index contributed by atoms with van der Waals surface area (Å²) in [4.78, 5) is 24.6. The fourth-order valence-electron chi connectivity index (χ4n) is 2.35. The third-order valence-corrected chi connectivity index (χ3v) is 6.31. The van der Waals surface area contributed by atoms with Crippen LogP contribution in [-0.4, -0.2) is 25.3 Å². The number of sulfonamides is 1. The molecule has 0 aliphatic rings. The molecule has 1 aromatic carbocycles. The molecule has 0 aliphatic carbocycles.